The Hall–Kier alpha value is -0.0400. The van der Waals surface area contributed by atoms with E-state index in [-0.39, 0.29) is 0 Å². The molecule has 2 fully saturated rings. The van der Waals surface area contributed by atoms with Crippen LogP contribution in [0.15, 0.2) is 0 Å². The molecule has 0 spiro atoms. The van der Waals surface area contributed by atoms with Gasteiger partial charge >= 0.3 is 0 Å². The Morgan fingerprint density at radius 3 is 2.82 bits per heavy atom. The first-order valence-electron chi connectivity index (χ1n) is 4.87. The minimum atomic E-state index is 0.569. The van der Waals surface area contributed by atoms with Gasteiger partial charge in [0.2, 0.25) is 0 Å². The quantitative estimate of drug-likeness (QED) is 0.516. The lowest BCUT2D eigenvalue weighted by molar-refractivity contribution is 0.144. The molecule has 2 aliphatic rings. The highest BCUT2D eigenvalue weighted by atomic mass is 15.2. The van der Waals surface area contributed by atoms with E-state index in [0.29, 0.717) is 5.54 Å². The summed E-state index contributed by atoms with van der Waals surface area (Å²) in [5.41, 5.74) is 0.569. The largest absolute Gasteiger partial charge is 0.298 e. The molecule has 0 bridgehead atoms. The average Bonchev–Trinajstić information content (AvgIpc) is 2.39. The van der Waals surface area contributed by atoms with Gasteiger partial charge in [0.15, 0.2) is 0 Å². The van der Waals surface area contributed by atoms with Crippen molar-refractivity contribution in [2.75, 3.05) is 7.05 Å². The van der Waals surface area contributed by atoms with Gasteiger partial charge in [0.1, 0.15) is 0 Å². The van der Waals surface area contributed by atoms with Gasteiger partial charge in [-0.25, -0.2) is 0 Å². The molecular weight excluding hydrogens is 134 g/mol. The topological polar surface area (TPSA) is 3.24 Å². The van der Waals surface area contributed by atoms with E-state index >= 15 is 0 Å². The van der Waals surface area contributed by atoms with E-state index in [1.807, 2.05) is 0 Å². The third-order valence-electron chi connectivity index (χ3n) is 4.21. The number of hydrogen-bond donors (Lipinski definition) is 0. The molecule has 0 aromatic rings. The predicted octanol–water partition coefficient (Wildman–Crippen LogP) is 2.27. The molecule has 3 atom stereocenters. The molecular formula is C10H19N. The minimum Gasteiger partial charge on any atom is -0.298 e. The monoisotopic (exact) mass is 153 g/mol. The summed E-state index contributed by atoms with van der Waals surface area (Å²) in [6.45, 7) is 4.82. The fourth-order valence-corrected chi connectivity index (χ4v) is 3.13. The zero-order valence-electron chi connectivity index (χ0n) is 7.93. The van der Waals surface area contributed by atoms with Gasteiger partial charge in [0.05, 0.1) is 0 Å². The average molecular weight is 153 g/mol. The van der Waals surface area contributed by atoms with E-state index in [2.05, 4.69) is 25.8 Å². The molecule has 3 unspecified atom stereocenters. The fourth-order valence-electron chi connectivity index (χ4n) is 3.13. The molecule has 2 rings (SSSR count). The summed E-state index contributed by atoms with van der Waals surface area (Å²) in [5.74, 6) is 1.00. The summed E-state index contributed by atoms with van der Waals surface area (Å²) in [5, 5.41) is 0. The third-order valence-corrected chi connectivity index (χ3v) is 4.21. The molecule has 11 heavy (non-hydrogen) atoms. The second kappa shape index (κ2) is 2.22. The minimum absolute atomic E-state index is 0.569. The van der Waals surface area contributed by atoms with Crippen LogP contribution in [-0.2, 0) is 0 Å². The number of hydrogen-bond acceptors (Lipinski definition) is 1. The Morgan fingerprint density at radius 1 is 1.45 bits per heavy atom. The first-order valence-corrected chi connectivity index (χ1v) is 4.87. The van der Waals surface area contributed by atoms with Gasteiger partial charge in [-0.2, -0.15) is 0 Å². The molecule has 0 N–H and O–H groups in total. The first kappa shape index (κ1) is 7.60. The number of likely N-dealkylation sites (tertiary alicyclic amines) is 1. The molecule has 1 saturated carbocycles. The lowest BCUT2D eigenvalue weighted by atomic mass is 9.90. The zero-order valence-corrected chi connectivity index (χ0v) is 7.93. The summed E-state index contributed by atoms with van der Waals surface area (Å²) in [4.78, 5) is 2.60. The van der Waals surface area contributed by atoms with Crippen molar-refractivity contribution in [1.29, 1.82) is 0 Å². The lowest BCUT2D eigenvalue weighted by Gasteiger charge is -2.34. The molecule has 1 nitrogen and oxygen atoms in total. The third kappa shape index (κ3) is 0.868. The van der Waals surface area contributed by atoms with E-state index in [4.69, 9.17) is 0 Å². The first-order chi connectivity index (χ1) is 5.14. The van der Waals surface area contributed by atoms with E-state index in [0.717, 1.165) is 12.0 Å². The Morgan fingerprint density at radius 2 is 2.18 bits per heavy atom. The Bertz CT molecular complexity index is 162. The smallest absolute Gasteiger partial charge is 0.0209 e. The normalized spacial score (nSPS) is 51.5. The summed E-state index contributed by atoms with van der Waals surface area (Å²) in [6, 6.07) is 0.824. The van der Waals surface area contributed by atoms with E-state index in [1.165, 1.54) is 25.7 Å². The van der Waals surface area contributed by atoms with Crippen LogP contribution in [0.5, 0.6) is 0 Å². The van der Waals surface area contributed by atoms with Crippen LogP contribution in [0.25, 0.3) is 0 Å². The Labute approximate surface area is 69.8 Å². The SMILES string of the molecule is CC1CC2CCCC2(C)N1C. The maximum absolute atomic E-state index is 2.60. The molecule has 1 aliphatic heterocycles. The van der Waals surface area contributed by atoms with Crippen LogP contribution in [0, 0.1) is 5.92 Å². The van der Waals surface area contributed by atoms with Gasteiger partial charge in [-0.05, 0) is 46.1 Å². The van der Waals surface area contributed by atoms with Crippen molar-refractivity contribution in [2.45, 2.75) is 51.1 Å². The highest BCUT2D eigenvalue weighted by Gasteiger charge is 2.48. The van der Waals surface area contributed by atoms with Gasteiger partial charge in [-0.1, -0.05) is 6.42 Å². The molecule has 0 radical (unpaired) electrons. The maximum atomic E-state index is 2.60. The van der Waals surface area contributed by atoms with Crippen LogP contribution in [0.4, 0.5) is 0 Å². The highest BCUT2D eigenvalue weighted by molar-refractivity contribution is 5.04. The van der Waals surface area contributed by atoms with E-state index in [9.17, 15) is 0 Å². The van der Waals surface area contributed by atoms with Crippen LogP contribution < -0.4 is 0 Å². The summed E-state index contributed by atoms with van der Waals surface area (Å²) >= 11 is 0. The second-order valence-corrected chi connectivity index (χ2v) is 4.64. The molecule has 1 heteroatoms. The van der Waals surface area contributed by atoms with Gasteiger partial charge in [0.25, 0.3) is 0 Å². The zero-order chi connectivity index (χ0) is 8.06. The molecule has 1 heterocycles. The van der Waals surface area contributed by atoms with Crippen molar-refractivity contribution in [3.05, 3.63) is 0 Å². The van der Waals surface area contributed by atoms with Gasteiger partial charge < -0.3 is 0 Å². The van der Waals surface area contributed by atoms with Gasteiger partial charge in [0, 0.05) is 11.6 Å². The van der Waals surface area contributed by atoms with Crippen molar-refractivity contribution in [3.8, 4) is 0 Å². The number of nitrogens with zero attached hydrogens (tertiary/aromatic N) is 1. The van der Waals surface area contributed by atoms with Crippen molar-refractivity contribution < 1.29 is 0 Å². The molecule has 1 saturated heterocycles. The molecule has 64 valence electrons. The van der Waals surface area contributed by atoms with Crippen molar-refractivity contribution >= 4 is 0 Å². The maximum Gasteiger partial charge on any atom is 0.0209 e. The molecule has 0 amide bonds. The summed E-state index contributed by atoms with van der Waals surface area (Å²) < 4.78 is 0. The van der Waals surface area contributed by atoms with Crippen molar-refractivity contribution in [1.82, 2.24) is 4.90 Å². The number of rotatable bonds is 0. The summed E-state index contributed by atoms with van der Waals surface area (Å²) in [7, 11) is 2.30. The second-order valence-electron chi connectivity index (χ2n) is 4.64. The Kier molecular flexibility index (Phi) is 1.54. The van der Waals surface area contributed by atoms with E-state index in [1.54, 1.807) is 0 Å². The molecule has 0 aromatic carbocycles. The predicted molar refractivity (Wildman–Crippen MR) is 47.6 cm³/mol. The standard InChI is InChI=1S/C10H19N/c1-8-7-9-5-4-6-10(9,2)11(8)3/h8-9H,4-7H2,1-3H3. The molecule has 1 aliphatic carbocycles. The Balaban J connectivity index is 2.23. The summed E-state index contributed by atoms with van der Waals surface area (Å²) in [6.07, 6.45) is 5.80. The van der Waals surface area contributed by atoms with E-state index < -0.39 is 0 Å². The van der Waals surface area contributed by atoms with Crippen LogP contribution >= 0.6 is 0 Å². The van der Waals surface area contributed by atoms with Crippen LogP contribution in [0.1, 0.15) is 39.5 Å². The highest BCUT2D eigenvalue weighted by Crippen LogP contribution is 2.48. The lowest BCUT2D eigenvalue weighted by Crippen LogP contribution is -2.41. The molecule has 0 aromatic heterocycles. The fraction of sp³-hybridized carbons (Fsp3) is 1.00. The van der Waals surface area contributed by atoms with Gasteiger partial charge in [-0.15, -0.1) is 0 Å². The van der Waals surface area contributed by atoms with Crippen LogP contribution in [0.2, 0.25) is 0 Å². The number of fused-ring (bicyclic) bond motifs is 1. The van der Waals surface area contributed by atoms with Crippen molar-refractivity contribution in [2.24, 2.45) is 5.92 Å². The van der Waals surface area contributed by atoms with Gasteiger partial charge in [-0.3, -0.25) is 4.90 Å². The van der Waals surface area contributed by atoms with Crippen LogP contribution in [-0.4, -0.2) is 23.5 Å². The van der Waals surface area contributed by atoms with Crippen LogP contribution in [0.3, 0.4) is 0 Å². The van der Waals surface area contributed by atoms with Crippen molar-refractivity contribution in [3.63, 3.8) is 0 Å².